The molecule has 1 heterocycles. The average Bonchev–Trinajstić information content (AvgIpc) is 2.93. The standard InChI is InChI=1S/C17H22N4/c1-20(2)17-18-16(15-11-7-4-8-12-15)19-21(17)13-14-9-5-3-6-10-14/h3,5-6,9-11H,4,7-8,12-13H2,1-2H3. The third-order valence-corrected chi connectivity index (χ3v) is 3.81. The van der Waals surface area contributed by atoms with Crippen LogP contribution >= 0.6 is 0 Å². The Kier molecular flexibility index (Phi) is 4.04. The summed E-state index contributed by atoms with van der Waals surface area (Å²) in [5, 5.41) is 4.75. The first kappa shape index (κ1) is 13.9. The predicted octanol–water partition coefficient (Wildman–Crippen LogP) is 3.35. The second-order valence-corrected chi connectivity index (χ2v) is 5.75. The van der Waals surface area contributed by atoms with Gasteiger partial charge in [0.1, 0.15) is 0 Å². The number of allylic oxidation sites excluding steroid dienone is 2. The Morgan fingerprint density at radius 3 is 2.62 bits per heavy atom. The van der Waals surface area contributed by atoms with Crippen molar-refractivity contribution >= 4 is 11.5 Å². The Labute approximate surface area is 126 Å². The first-order valence-corrected chi connectivity index (χ1v) is 7.59. The number of hydrogen-bond acceptors (Lipinski definition) is 3. The van der Waals surface area contributed by atoms with Gasteiger partial charge in [-0.05, 0) is 36.8 Å². The van der Waals surface area contributed by atoms with Gasteiger partial charge >= 0.3 is 0 Å². The van der Waals surface area contributed by atoms with Crippen LogP contribution in [0.1, 0.15) is 37.1 Å². The van der Waals surface area contributed by atoms with Gasteiger partial charge in [-0.3, -0.25) is 0 Å². The fourth-order valence-corrected chi connectivity index (χ4v) is 2.70. The fraction of sp³-hybridized carbons (Fsp3) is 0.412. The van der Waals surface area contributed by atoms with Crippen molar-refractivity contribution in [2.24, 2.45) is 0 Å². The van der Waals surface area contributed by atoms with E-state index in [4.69, 9.17) is 10.1 Å². The number of rotatable bonds is 4. The summed E-state index contributed by atoms with van der Waals surface area (Å²) in [6.45, 7) is 0.759. The molecule has 0 unspecified atom stereocenters. The Morgan fingerprint density at radius 1 is 1.14 bits per heavy atom. The number of aromatic nitrogens is 3. The van der Waals surface area contributed by atoms with Gasteiger partial charge in [-0.15, -0.1) is 5.10 Å². The highest BCUT2D eigenvalue weighted by Gasteiger charge is 2.16. The van der Waals surface area contributed by atoms with Gasteiger partial charge in [0, 0.05) is 14.1 Å². The van der Waals surface area contributed by atoms with E-state index in [-0.39, 0.29) is 0 Å². The molecule has 1 aromatic heterocycles. The van der Waals surface area contributed by atoms with Crippen LogP contribution in [0.25, 0.3) is 5.57 Å². The van der Waals surface area contributed by atoms with Crippen LogP contribution in [-0.2, 0) is 6.54 Å². The molecular formula is C17H22N4. The van der Waals surface area contributed by atoms with E-state index in [1.54, 1.807) is 0 Å². The molecule has 1 aliphatic rings. The largest absolute Gasteiger partial charge is 0.347 e. The maximum absolute atomic E-state index is 4.75. The maximum atomic E-state index is 4.75. The first-order chi connectivity index (χ1) is 10.2. The van der Waals surface area contributed by atoms with E-state index in [1.807, 2.05) is 29.7 Å². The topological polar surface area (TPSA) is 34.0 Å². The van der Waals surface area contributed by atoms with E-state index in [1.165, 1.54) is 24.0 Å². The van der Waals surface area contributed by atoms with Crippen LogP contribution in [0.15, 0.2) is 36.4 Å². The summed E-state index contributed by atoms with van der Waals surface area (Å²) in [7, 11) is 4.04. The quantitative estimate of drug-likeness (QED) is 0.862. The molecule has 0 radical (unpaired) electrons. The summed E-state index contributed by atoms with van der Waals surface area (Å²) >= 11 is 0. The maximum Gasteiger partial charge on any atom is 0.224 e. The summed E-state index contributed by atoms with van der Waals surface area (Å²) in [6.07, 6.45) is 7.08. The molecule has 1 aliphatic carbocycles. The molecule has 0 saturated heterocycles. The number of hydrogen-bond donors (Lipinski definition) is 0. The number of anilines is 1. The zero-order chi connectivity index (χ0) is 14.7. The van der Waals surface area contributed by atoms with Gasteiger partial charge in [0.15, 0.2) is 5.82 Å². The van der Waals surface area contributed by atoms with Gasteiger partial charge < -0.3 is 4.90 Å². The lowest BCUT2D eigenvalue weighted by molar-refractivity contribution is 0.672. The molecule has 0 aliphatic heterocycles. The van der Waals surface area contributed by atoms with Crippen molar-refractivity contribution in [3.63, 3.8) is 0 Å². The lowest BCUT2D eigenvalue weighted by atomic mass is 9.99. The van der Waals surface area contributed by atoms with Crippen molar-refractivity contribution in [2.75, 3.05) is 19.0 Å². The highest BCUT2D eigenvalue weighted by molar-refractivity contribution is 5.61. The highest BCUT2D eigenvalue weighted by Crippen LogP contribution is 2.26. The van der Waals surface area contributed by atoms with Gasteiger partial charge in [0.2, 0.25) is 5.95 Å². The third kappa shape index (κ3) is 3.15. The van der Waals surface area contributed by atoms with Crippen molar-refractivity contribution in [1.29, 1.82) is 0 Å². The van der Waals surface area contributed by atoms with Crippen LogP contribution in [0.2, 0.25) is 0 Å². The third-order valence-electron chi connectivity index (χ3n) is 3.81. The molecular weight excluding hydrogens is 260 g/mol. The van der Waals surface area contributed by atoms with Crippen LogP contribution in [0.5, 0.6) is 0 Å². The van der Waals surface area contributed by atoms with Crippen LogP contribution in [0.4, 0.5) is 5.95 Å². The summed E-state index contributed by atoms with van der Waals surface area (Å²) in [6, 6.07) is 10.4. The molecule has 0 atom stereocenters. The monoisotopic (exact) mass is 282 g/mol. The van der Waals surface area contributed by atoms with E-state index in [0.717, 1.165) is 31.2 Å². The molecule has 4 heteroatoms. The SMILES string of the molecule is CN(C)c1nc(C2=CCCCC2)nn1Cc1ccccc1. The zero-order valence-corrected chi connectivity index (χ0v) is 12.8. The molecule has 2 aromatic rings. The van der Waals surface area contributed by atoms with Crippen molar-refractivity contribution in [3.8, 4) is 0 Å². The summed E-state index contributed by atoms with van der Waals surface area (Å²) in [4.78, 5) is 6.77. The van der Waals surface area contributed by atoms with E-state index in [9.17, 15) is 0 Å². The molecule has 0 spiro atoms. The summed E-state index contributed by atoms with van der Waals surface area (Å²) < 4.78 is 2.00. The molecule has 0 amide bonds. The van der Waals surface area contributed by atoms with Crippen molar-refractivity contribution in [2.45, 2.75) is 32.2 Å². The smallest absolute Gasteiger partial charge is 0.224 e. The minimum absolute atomic E-state index is 0.759. The van der Waals surface area contributed by atoms with Gasteiger partial charge in [-0.2, -0.15) is 4.98 Å². The van der Waals surface area contributed by atoms with Crippen molar-refractivity contribution in [3.05, 3.63) is 47.8 Å². The Balaban J connectivity index is 1.91. The normalized spacial score (nSPS) is 14.9. The van der Waals surface area contributed by atoms with Gasteiger partial charge in [0.25, 0.3) is 0 Å². The minimum Gasteiger partial charge on any atom is -0.347 e. The van der Waals surface area contributed by atoms with E-state index >= 15 is 0 Å². The molecule has 0 bridgehead atoms. The average molecular weight is 282 g/mol. The van der Waals surface area contributed by atoms with Crippen LogP contribution in [0.3, 0.4) is 0 Å². The second kappa shape index (κ2) is 6.12. The molecule has 21 heavy (non-hydrogen) atoms. The zero-order valence-electron chi connectivity index (χ0n) is 12.8. The van der Waals surface area contributed by atoms with E-state index in [0.29, 0.717) is 0 Å². The van der Waals surface area contributed by atoms with E-state index in [2.05, 4.69) is 30.3 Å². The Hall–Kier alpha value is -2.10. The molecule has 3 rings (SSSR count). The van der Waals surface area contributed by atoms with Crippen molar-refractivity contribution < 1.29 is 0 Å². The van der Waals surface area contributed by atoms with E-state index < -0.39 is 0 Å². The van der Waals surface area contributed by atoms with Crippen molar-refractivity contribution in [1.82, 2.24) is 14.8 Å². The number of benzene rings is 1. The van der Waals surface area contributed by atoms with Crippen LogP contribution in [0, 0.1) is 0 Å². The number of nitrogens with zero attached hydrogens (tertiary/aromatic N) is 4. The van der Waals surface area contributed by atoms with Gasteiger partial charge in [0.05, 0.1) is 6.54 Å². The fourth-order valence-electron chi connectivity index (χ4n) is 2.70. The van der Waals surface area contributed by atoms with Crippen LogP contribution < -0.4 is 4.90 Å². The minimum atomic E-state index is 0.759. The lowest BCUT2D eigenvalue weighted by Gasteiger charge is -2.12. The second-order valence-electron chi connectivity index (χ2n) is 5.75. The Bertz CT molecular complexity index is 625. The molecule has 0 fully saturated rings. The lowest BCUT2D eigenvalue weighted by Crippen LogP contribution is -2.16. The molecule has 1 aromatic carbocycles. The predicted molar refractivity (Wildman–Crippen MR) is 86.3 cm³/mol. The van der Waals surface area contributed by atoms with Gasteiger partial charge in [-0.1, -0.05) is 36.4 Å². The molecule has 110 valence electrons. The summed E-state index contributed by atoms with van der Waals surface area (Å²) in [5.41, 5.74) is 2.55. The summed E-state index contributed by atoms with van der Waals surface area (Å²) in [5.74, 6) is 1.81. The van der Waals surface area contributed by atoms with Crippen LogP contribution in [-0.4, -0.2) is 28.9 Å². The first-order valence-electron chi connectivity index (χ1n) is 7.59. The Morgan fingerprint density at radius 2 is 1.95 bits per heavy atom. The molecule has 4 nitrogen and oxygen atoms in total. The molecule has 0 saturated carbocycles. The highest BCUT2D eigenvalue weighted by atomic mass is 15.4. The molecule has 0 N–H and O–H groups in total. The van der Waals surface area contributed by atoms with Gasteiger partial charge in [-0.25, -0.2) is 4.68 Å².